The molecule has 0 aliphatic carbocycles. The number of hydrogen-bond donors (Lipinski definition) is 0. The first-order valence-electron chi connectivity index (χ1n) is 8.21. The summed E-state index contributed by atoms with van der Waals surface area (Å²) in [6.45, 7) is 2.94. The molecule has 0 bridgehead atoms. The van der Waals surface area contributed by atoms with Gasteiger partial charge in [0.25, 0.3) is 5.56 Å². The van der Waals surface area contributed by atoms with Crippen molar-refractivity contribution in [3.8, 4) is 11.5 Å². The van der Waals surface area contributed by atoms with Gasteiger partial charge in [-0.05, 0) is 30.7 Å². The first-order chi connectivity index (χ1) is 12.0. The quantitative estimate of drug-likeness (QED) is 0.827. The van der Waals surface area contributed by atoms with Crippen molar-refractivity contribution in [2.45, 2.75) is 19.4 Å². The van der Waals surface area contributed by atoms with Crippen LogP contribution in [-0.4, -0.2) is 41.7 Å². The summed E-state index contributed by atoms with van der Waals surface area (Å²) in [5.41, 5.74) is 1.67. The molecule has 132 valence electrons. The Morgan fingerprint density at radius 1 is 1.20 bits per heavy atom. The highest BCUT2D eigenvalue weighted by Crippen LogP contribution is 2.19. The highest BCUT2D eigenvalue weighted by molar-refractivity contribution is 5.79. The maximum atomic E-state index is 12.3. The lowest BCUT2D eigenvalue weighted by Crippen LogP contribution is -2.56. The van der Waals surface area contributed by atoms with Crippen molar-refractivity contribution in [1.82, 2.24) is 9.47 Å². The monoisotopic (exact) mass is 342 g/mol. The number of pyridine rings is 1. The average Bonchev–Trinajstić information content (AvgIpc) is 2.55. The Bertz CT molecular complexity index is 838. The van der Waals surface area contributed by atoms with E-state index >= 15 is 0 Å². The number of carbonyl (C=O) groups excluding carboxylic acids is 1. The van der Waals surface area contributed by atoms with Gasteiger partial charge in [0.1, 0.15) is 17.6 Å². The number of methoxy groups -OCH3 is 1. The number of benzene rings is 1. The van der Waals surface area contributed by atoms with E-state index < -0.39 is 0 Å². The maximum absolute atomic E-state index is 12.3. The van der Waals surface area contributed by atoms with Gasteiger partial charge in [-0.15, -0.1) is 0 Å². The maximum Gasteiger partial charge on any atom is 0.254 e. The zero-order valence-corrected chi connectivity index (χ0v) is 14.7. The van der Waals surface area contributed by atoms with Crippen molar-refractivity contribution in [3.05, 3.63) is 58.0 Å². The molecular weight excluding hydrogens is 320 g/mol. The van der Waals surface area contributed by atoms with Crippen LogP contribution in [0.1, 0.15) is 11.3 Å². The molecule has 0 atom stereocenters. The number of nitrogens with zero attached hydrogens (tertiary/aromatic N) is 2. The van der Waals surface area contributed by atoms with Gasteiger partial charge in [0.15, 0.2) is 0 Å². The molecule has 2 heterocycles. The second-order valence-electron chi connectivity index (χ2n) is 6.30. The Morgan fingerprint density at radius 3 is 2.64 bits per heavy atom. The van der Waals surface area contributed by atoms with Crippen LogP contribution in [0, 0.1) is 6.92 Å². The third-order valence-electron chi connectivity index (χ3n) is 4.47. The summed E-state index contributed by atoms with van der Waals surface area (Å²) in [6, 6.07) is 10.8. The van der Waals surface area contributed by atoms with E-state index in [4.69, 9.17) is 9.47 Å². The zero-order chi connectivity index (χ0) is 18.0. The second-order valence-corrected chi connectivity index (χ2v) is 6.30. The molecule has 3 rings (SSSR count). The Kier molecular flexibility index (Phi) is 4.79. The Hall–Kier alpha value is -2.76. The fourth-order valence-electron chi connectivity index (χ4n) is 2.78. The molecule has 1 fully saturated rings. The molecule has 6 nitrogen and oxygen atoms in total. The summed E-state index contributed by atoms with van der Waals surface area (Å²) in [4.78, 5) is 25.9. The lowest BCUT2D eigenvalue weighted by Gasteiger charge is -2.39. The molecule has 1 aromatic heterocycles. The highest BCUT2D eigenvalue weighted by Gasteiger charge is 2.32. The van der Waals surface area contributed by atoms with E-state index in [1.165, 1.54) is 6.07 Å². The molecule has 1 amide bonds. The number of amides is 1. The van der Waals surface area contributed by atoms with E-state index in [2.05, 4.69) is 0 Å². The van der Waals surface area contributed by atoms with Crippen molar-refractivity contribution in [3.63, 3.8) is 0 Å². The average molecular weight is 342 g/mol. The first kappa shape index (κ1) is 17.1. The lowest BCUT2D eigenvalue weighted by molar-refractivity contribution is -0.139. The van der Waals surface area contributed by atoms with Crippen LogP contribution in [0.3, 0.4) is 0 Å². The summed E-state index contributed by atoms with van der Waals surface area (Å²) in [5.74, 6) is 1.37. The van der Waals surface area contributed by atoms with Crippen LogP contribution in [0.25, 0.3) is 0 Å². The molecular formula is C19H22N2O4. The largest absolute Gasteiger partial charge is 0.497 e. The van der Waals surface area contributed by atoms with Crippen LogP contribution in [0.5, 0.6) is 11.5 Å². The molecule has 1 aliphatic heterocycles. The van der Waals surface area contributed by atoms with Gasteiger partial charge in [-0.25, -0.2) is 0 Å². The molecule has 0 radical (unpaired) electrons. The van der Waals surface area contributed by atoms with Gasteiger partial charge < -0.3 is 18.9 Å². The van der Waals surface area contributed by atoms with Gasteiger partial charge in [-0.3, -0.25) is 9.59 Å². The standard InChI is InChI=1S/C19H22N2O4/c1-13-7-16(10-18(22)20(13)2)25-17-11-21(12-17)19(23)9-14-5-4-6-15(8-14)24-3/h4-8,10,17H,9,11-12H2,1-3H3. The minimum absolute atomic E-state index is 0.0632. The molecule has 25 heavy (non-hydrogen) atoms. The molecule has 0 saturated carbocycles. The number of aromatic nitrogens is 1. The molecule has 0 N–H and O–H groups in total. The van der Waals surface area contributed by atoms with Crippen LogP contribution in [0.4, 0.5) is 0 Å². The van der Waals surface area contributed by atoms with E-state index in [-0.39, 0.29) is 17.6 Å². The van der Waals surface area contributed by atoms with Gasteiger partial charge in [0.2, 0.25) is 5.91 Å². The third-order valence-corrected chi connectivity index (χ3v) is 4.47. The minimum Gasteiger partial charge on any atom is -0.497 e. The van der Waals surface area contributed by atoms with Gasteiger partial charge in [-0.2, -0.15) is 0 Å². The Morgan fingerprint density at radius 2 is 1.96 bits per heavy atom. The van der Waals surface area contributed by atoms with E-state index in [0.29, 0.717) is 25.3 Å². The molecule has 0 spiro atoms. The number of likely N-dealkylation sites (tertiary alicyclic amines) is 1. The van der Waals surface area contributed by atoms with E-state index in [1.807, 2.05) is 37.3 Å². The van der Waals surface area contributed by atoms with Crippen molar-refractivity contribution < 1.29 is 14.3 Å². The van der Waals surface area contributed by atoms with Gasteiger partial charge in [0.05, 0.1) is 26.6 Å². The topological polar surface area (TPSA) is 60.8 Å². The number of hydrogen-bond acceptors (Lipinski definition) is 4. The number of rotatable bonds is 5. The summed E-state index contributed by atoms with van der Waals surface area (Å²) < 4.78 is 12.6. The SMILES string of the molecule is COc1cccc(CC(=O)N2CC(Oc3cc(C)n(C)c(=O)c3)C2)c1. The predicted octanol–water partition coefficient (Wildman–Crippen LogP) is 1.53. The van der Waals surface area contributed by atoms with Crippen molar-refractivity contribution in [2.24, 2.45) is 7.05 Å². The van der Waals surface area contributed by atoms with Gasteiger partial charge in [-0.1, -0.05) is 12.1 Å². The van der Waals surface area contributed by atoms with Crippen molar-refractivity contribution >= 4 is 5.91 Å². The predicted molar refractivity (Wildman–Crippen MR) is 94.1 cm³/mol. The first-order valence-corrected chi connectivity index (χ1v) is 8.21. The van der Waals surface area contributed by atoms with Crippen LogP contribution >= 0.6 is 0 Å². The molecule has 6 heteroatoms. The summed E-state index contributed by atoms with van der Waals surface area (Å²) >= 11 is 0. The lowest BCUT2D eigenvalue weighted by atomic mass is 10.1. The minimum atomic E-state index is -0.0970. The summed E-state index contributed by atoms with van der Waals surface area (Å²) in [5, 5.41) is 0. The highest BCUT2D eigenvalue weighted by atomic mass is 16.5. The Balaban J connectivity index is 1.53. The summed E-state index contributed by atoms with van der Waals surface area (Å²) in [7, 11) is 3.33. The molecule has 1 aliphatic rings. The molecule has 1 aromatic carbocycles. The van der Waals surface area contributed by atoms with Crippen LogP contribution in [0.2, 0.25) is 0 Å². The van der Waals surface area contributed by atoms with E-state index in [9.17, 15) is 9.59 Å². The fourth-order valence-corrected chi connectivity index (χ4v) is 2.78. The molecule has 0 unspecified atom stereocenters. The van der Waals surface area contributed by atoms with Crippen LogP contribution in [0.15, 0.2) is 41.2 Å². The molecule has 2 aromatic rings. The third kappa shape index (κ3) is 3.84. The van der Waals surface area contributed by atoms with Crippen molar-refractivity contribution in [2.75, 3.05) is 20.2 Å². The number of ether oxygens (including phenoxy) is 2. The second kappa shape index (κ2) is 7.01. The van der Waals surface area contributed by atoms with Crippen molar-refractivity contribution in [1.29, 1.82) is 0 Å². The number of carbonyl (C=O) groups is 1. The number of aryl methyl sites for hydroxylation is 1. The van der Waals surface area contributed by atoms with Gasteiger partial charge in [0, 0.05) is 18.8 Å². The van der Waals surface area contributed by atoms with E-state index in [0.717, 1.165) is 17.0 Å². The smallest absolute Gasteiger partial charge is 0.254 e. The van der Waals surface area contributed by atoms with E-state index in [1.54, 1.807) is 23.6 Å². The summed E-state index contributed by atoms with van der Waals surface area (Å²) in [6.07, 6.45) is 0.273. The normalized spacial score (nSPS) is 14.1. The fraction of sp³-hybridized carbons (Fsp3) is 0.368. The zero-order valence-electron chi connectivity index (χ0n) is 14.7. The van der Waals surface area contributed by atoms with Crippen LogP contribution < -0.4 is 15.0 Å². The Labute approximate surface area is 146 Å². The van der Waals surface area contributed by atoms with Gasteiger partial charge >= 0.3 is 0 Å². The molecule has 1 saturated heterocycles. The van der Waals surface area contributed by atoms with Crippen LogP contribution in [-0.2, 0) is 18.3 Å².